The highest BCUT2D eigenvalue weighted by Crippen LogP contribution is 2.34. The van der Waals surface area contributed by atoms with Crippen molar-refractivity contribution in [2.45, 2.75) is 38.2 Å². The van der Waals surface area contributed by atoms with E-state index in [0.29, 0.717) is 12.4 Å². The van der Waals surface area contributed by atoms with Crippen LogP contribution in [0.4, 0.5) is 0 Å². The zero-order chi connectivity index (χ0) is 14.6. The van der Waals surface area contributed by atoms with Gasteiger partial charge in [-0.3, -0.25) is 0 Å². The Morgan fingerprint density at radius 3 is 2.75 bits per heavy atom. The van der Waals surface area contributed by atoms with Gasteiger partial charge in [-0.15, -0.1) is 0 Å². The first-order valence-corrected chi connectivity index (χ1v) is 7.10. The molecule has 4 nitrogen and oxygen atoms in total. The van der Waals surface area contributed by atoms with E-state index in [1.165, 1.54) is 0 Å². The van der Waals surface area contributed by atoms with Crippen molar-refractivity contribution in [3.63, 3.8) is 0 Å². The van der Waals surface area contributed by atoms with Gasteiger partial charge in [0, 0.05) is 12.0 Å². The Kier molecular flexibility index (Phi) is 4.89. The fraction of sp³-hybridized carbons (Fsp3) is 0.625. The fourth-order valence-electron chi connectivity index (χ4n) is 2.26. The quantitative estimate of drug-likeness (QED) is 0.900. The van der Waals surface area contributed by atoms with Gasteiger partial charge in [-0.1, -0.05) is 19.9 Å². The SMILES string of the molecule is COc1ccc(C(C)(C)CO)cc1OC1CCCOC1. The first-order chi connectivity index (χ1) is 9.56. The molecule has 0 spiro atoms. The number of aliphatic hydroxyl groups is 1. The van der Waals surface area contributed by atoms with E-state index in [2.05, 4.69) is 0 Å². The fourth-order valence-corrected chi connectivity index (χ4v) is 2.26. The van der Waals surface area contributed by atoms with Crippen molar-refractivity contribution in [1.82, 2.24) is 0 Å². The Hall–Kier alpha value is -1.26. The summed E-state index contributed by atoms with van der Waals surface area (Å²) < 4.78 is 16.8. The standard InChI is InChI=1S/C16H24O4/c1-16(2,11-17)12-6-7-14(18-3)15(9-12)20-13-5-4-8-19-10-13/h6-7,9,13,17H,4-5,8,10-11H2,1-3H3. The van der Waals surface area contributed by atoms with Gasteiger partial charge in [-0.2, -0.15) is 0 Å². The molecule has 1 aliphatic rings. The lowest BCUT2D eigenvalue weighted by molar-refractivity contribution is 0.00636. The Bertz CT molecular complexity index is 436. The lowest BCUT2D eigenvalue weighted by Crippen LogP contribution is -2.28. The Morgan fingerprint density at radius 1 is 1.35 bits per heavy atom. The van der Waals surface area contributed by atoms with Gasteiger partial charge in [0.15, 0.2) is 11.5 Å². The summed E-state index contributed by atoms with van der Waals surface area (Å²) in [4.78, 5) is 0. The third-order valence-corrected chi connectivity index (χ3v) is 3.75. The van der Waals surface area contributed by atoms with Crippen molar-refractivity contribution in [3.05, 3.63) is 23.8 Å². The molecule has 0 bridgehead atoms. The van der Waals surface area contributed by atoms with E-state index in [-0.39, 0.29) is 18.1 Å². The third kappa shape index (κ3) is 3.44. The zero-order valence-corrected chi connectivity index (χ0v) is 12.5. The summed E-state index contributed by atoms with van der Waals surface area (Å²) in [6.45, 7) is 5.53. The Balaban J connectivity index is 2.22. The van der Waals surface area contributed by atoms with Crippen LogP contribution in [0.1, 0.15) is 32.3 Å². The molecule has 0 aromatic heterocycles. The molecule has 0 amide bonds. The molecule has 112 valence electrons. The van der Waals surface area contributed by atoms with Crippen LogP contribution in [-0.4, -0.2) is 38.1 Å². The van der Waals surface area contributed by atoms with Crippen LogP contribution in [-0.2, 0) is 10.2 Å². The van der Waals surface area contributed by atoms with Crippen LogP contribution >= 0.6 is 0 Å². The number of ether oxygens (including phenoxy) is 3. The van der Waals surface area contributed by atoms with Crippen LogP contribution in [0.3, 0.4) is 0 Å². The number of hydrogen-bond acceptors (Lipinski definition) is 4. The molecule has 1 atom stereocenters. The van der Waals surface area contributed by atoms with Crippen LogP contribution < -0.4 is 9.47 Å². The smallest absolute Gasteiger partial charge is 0.161 e. The number of rotatable bonds is 5. The topological polar surface area (TPSA) is 47.9 Å². The van der Waals surface area contributed by atoms with Crippen LogP contribution in [0, 0.1) is 0 Å². The van der Waals surface area contributed by atoms with Gasteiger partial charge in [0.05, 0.1) is 20.3 Å². The van der Waals surface area contributed by atoms with Crippen molar-refractivity contribution in [2.24, 2.45) is 0 Å². The van der Waals surface area contributed by atoms with Crippen molar-refractivity contribution in [3.8, 4) is 11.5 Å². The Morgan fingerprint density at radius 2 is 2.15 bits per heavy atom. The minimum absolute atomic E-state index is 0.0742. The van der Waals surface area contributed by atoms with Gasteiger partial charge >= 0.3 is 0 Å². The second-order valence-electron chi connectivity index (χ2n) is 5.86. The van der Waals surface area contributed by atoms with E-state index < -0.39 is 0 Å². The Labute approximate surface area is 120 Å². The molecule has 4 heteroatoms. The number of hydrogen-bond donors (Lipinski definition) is 1. The van der Waals surface area contributed by atoms with Crippen molar-refractivity contribution in [2.75, 3.05) is 26.9 Å². The largest absolute Gasteiger partial charge is 0.493 e. The molecule has 1 saturated heterocycles. The highest BCUT2D eigenvalue weighted by molar-refractivity contribution is 5.45. The summed E-state index contributed by atoms with van der Waals surface area (Å²) in [6.07, 6.45) is 2.09. The van der Waals surface area contributed by atoms with Crippen LogP contribution in [0.2, 0.25) is 0 Å². The zero-order valence-electron chi connectivity index (χ0n) is 12.5. The molecule has 1 aromatic carbocycles. The molecule has 1 N–H and O–H groups in total. The molecule has 1 fully saturated rings. The molecule has 1 heterocycles. The number of aliphatic hydroxyl groups excluding tert-OH is 1. The third-order valence-electron chi connectivity index (χ3n) is 3.75. The van der Waals surface area contributed by atoms with E-state index in [4.69, 9.17) is 14.2 Å². The lowest BCUT2D eigenvalue weighted by atomic mass is 9.85. The summed E-state index contributed by atoms with van der Waals surface area (Å²) >= 11 is 0. The predicted molar refractivity (Wildman–Crippen MR) is 77.6 cm³/mol. The molecule has 0 radical (unpaired) electrons. The predicted octanol–water partition coefficient (Wildman–Crippen LogP) is 2.52. The van der Waals surface area contributed by atoms with Crippen LogP contribution in [0.25, 0.3) is 0 Å². The van der Waals surface area contributed by atoms with E-state index in [1.807, 2.05) is 32.0 Å². The van der Waals surface area contributed by atoms with E-state index in [1.54, 1.807) is 7.11 Å². The highest BCUT2D eigenvalue weighted by atomic mass is 16.5. The molecule has 1 aromatic rings. The molecular formula is C16H24O4. The number of benzene rings is 1. The van der Waals surface area contributed by atoms with Gasteiger partial charge in [-0.05, 0) is 30.5 Å². The monoisotopic (exact) mass is 280 g/mol. The van der Waals surface area contributed by atoms with Gasteiger partial charge in [0.1, 0.15) is 6.10 Å². The maximum absolute atomic E-state index is 9.49. The van der Waals surface area contributed by atoms with Gasteiger partial charge < -0.3 is 19.3 Å². The van der Waals surface area contributed by atoms with E-state index in [9.17, 15) is 5.11 Å². The van der Waals surface area contributed by atoms with Crippen molar-refractivity contribution in [1.29, 1.82) is 0 Å². The molecular weight excluding hydrogens is 256 g/mol. The molecule has 0 aliphatic carbocycles. The van der Waals surface area contributed by atoms with Crippen molar-refractivity contribution < 1.29 is 19.3 Å². The summed E-state index contributed by atoms with van der Waals surface area (Å²) in [5, 5.41) is 9.49. The first-order valence-electron chi connectivity index (χ1n) is 7.10. The first kappa shape index (κ1) is 15.1. The molecule has 1 unspecified atom stereocenters. The molecule has 1 aliphatic heterocycles. The number of methoxy groups -OCH3 is 1. The highest BCUT2D eigenvalue weighted by Gasteiger charge is 2.23. The summed E-state index contributed by atoms with van der Waals surface area (Å²) in [5.74, 6) is 1.44. The lowest BCUT2D eigenvalue weighted by Gasteiger charge is -2.27. The van der Waals surface area contributed by atoms with E-state index in [0.717, 1.165) is 30.8 Å². The maximum Gasteiger partial charge on any atom is 0.161 e. The summed E-state index contributed by atoms with van der Waals surface area (Å²) in [6, 6.07) is 5.83. The average Bonchev–Trinajstić information content (AvgIpc) is 2.48. The van der Waals surface area contributed by atoms with Crippen LogP contribution in [0.5, 0.6) is 11.5 Å². The molecule has 2 rings (SSSR count). The van der Waals surface area contributed by atoms with Gasteiger partial charge in [0.2, 0.25) is 0 Å². The minimum atomic E-state index is -0.298. The summed E-state index contributed by atoms with van der Waals surface area (Å²) in [7, 11) is 1.64. The van der Waals surface area contributed by atoms with Crippen LogP contribution in [0.15, 0.2) is 18.2 Å². The molecule has 20 heavy (non-hydrogen) atoms. The summed E-state index contributed by atoms with van der Waals surface area (Å²) in [5.41, 5.74) is 0.737. The average molecular weight is 280 g/mol. The van der Waals surface area contributed by atoms with Gasteiger partial charge in [-0.25, -0.2) is 0 Å². The maximum atomic E-state index is 9.49. The second kappa shape index (κ2) is 6.46. The van der Waals surface area contributed by atoms with E-state index >= 15 is 0 Å². The normalized spacial score (nSPS) is 19.7. The molecule has 0 saturated carbocycles. The minimum Gasteiger partial charge on any atom is -0.493 e. The van der Waals surface area contributed by atoms with Crippen molar-refractivity contribution >= 4 is 0 Å². The van der Waals surface area contributed by atoms with Gasteiger partial charge in [0.25, 0.3) is 0 Å². The second-order valence-corrected chi connectivity index (χ2v) is 5.86.